The number of nitrogens with zero attached hydrogens (tertiary/aromatic N) is 2. The largest absolute Gasteiger partial charge is 0.381 e. The van der Waals surface area contributed by atoms with Crippen LogP contribution in [0.3, 0.4) is 0 Å². The molecule has 2 heterocycles. The highest BCUT2D eigenvalue weighted by molar-refractivity contribution is 6.31. The monoisotopic (exact) mass is 620 g/mol. The fourth-order valence-electron chi connectivity index (χ4n) is 7.95. The van der Waals surface area contributed by atoms with Gasteiger partial charge in [-0.1, -0.05) is 79.7 Å². The maximum Gasteiger partial charge on any atom is 0.241 e. The smallest absolute Gasteiger partial charge is 0.241 e. The Morgan fingerprint density at radius 3 is 1.93 bits per heavy atom. The van der Waals surface area contributed by atoms with Crippen LogP contribution in [-0.4, -0.2) is 43.2 Å². The van der Waals surface area contributed by atoms with E-state index in [1.807, 2.05) is 49.4 Å². The zero-order valence-electron chi connectivity index (χ0n) is 25.1. The van der Waals surface area contributed by atoms with E-state index >= 15 is 4.79 Å². The molecule has 0 radical (unpaired) electrons. The Morgan fingerprint density at radius 2 is 1.37 bits per heavy atom. The van der Waals surface area contributed by atoms with Gasteiger partial charge in [0.1, 0.15) is 22.5 Å². The van der Waals surface area contributed by atoms with Crippen LogP contribution in [0.4, 0.5) is 11.4 Å². The molecule has 4 atom stereocenters. The van der Waals surface area contributed by atoms with E-state index in [2.05, 4.69) is 13.8 Å². The Kier molecular flexibility index (Phi) is 7.65. The number of amides is 2. The number of halogens is 2. The van der Waals surface area contributed by atoms with Crippen LogP contribution in [0.25, 0.3) is 0 Å². The molecule has 226 valence electrons. The van der Waals surface area contributed by atoms with Crippen molar-refractivity contribution in [2.75, 3.05) is 30.0 Å². The average molecular weight is 622 g/mol. The molecule has 43 heavy (non-hydrogen) atoms. The Bertz CT molecular complexity index is 1590. The number of carbonyl (C=O) groups is 2. The molecular formula is C35H38Cl2N2O4. The first-order valence-corrected chi connectivity index (χ1v) is 15.9. The number of aryl methyl sites for hydroxylation is 1. The van der Waals surface area contributed by atoms with Crippen molar-refractivity contribution in [3.05, 3.63) is 93.0 Å². The van der Waals surface area contributed by atoms with Crippen LogP contribution in [0.5, 0.6) is 0 Å². The van der Waals surface area contributed by atoms with Gasteiger partial charge in [-0.25, -0.2) is 0 Å². The summed E-state index contributed by atoms with van der Waals surface area (Å²) >= 11 is 13.3. The molecule has 6 rings (SSSR count). The number of unbranched alkanes of at least 4 members (excludes halogenated alkanes) is 2. The Hall–Kier alpha value is -2.90. The fourth-order valence-corrected chi connectivity index (χ4v) is 8.29. The standard InChI is InChI=1S/C35H38Cl2N2O4/c1-5-7-17-38-28-15-13-24(36)19-26(28)33(31(38)40)21-34(35(42,30(33)43-4)23-11-9-22(3)10-12-23)27-20-25(37)14-16-29(27)39(32(34)41)18-8-6-2/h9-16,19-20,30,42H,5-8,17-18,21H2,1-4H3. The summed E-state index contributed by atoms with van der Waals surface area (Å²) in [5, 5.41) is 14.4. The number of rotatable bonds is 8. The molecule has 2 spiro atoms. The maximum absolute atomic E-state index is 15.1. The zero-order valence-corrected chi connectivity index (χ0v) is 26.6. The summed E-state index contributed by atoms with van der Waals surface area (Å²) in [4.78, 5) is 33.6. The maximum atomic E-state index is 15.1. The normalized spacial score (nSPS) is 27.6. The first kappa shape index (κ1) is 30.1. The Labute approximate surface area is 263 Å². The molecule has 2 aliphatic heterocycles. The third-order valence-corrected chi connectivity index (χ3v) is 10.4. The van der Waals surface area contributed by atoms with Gasteiger partial charge >= 0.3 is 0 Å². The molecule has 1 N–H and O–H groups in total. The summed E-state index contributed by atoms with van der Waals surface area (Å²) in [5.74, 6) is -0.431. The predicted octanol–water partition coefficient (Wildman–Crippen LogP) is 7.08. The molecule has 3 aliphatic rings. The molecule has 1 fully saturated rings. The van der Waals surface area contributed by atoms with E-state index in [0.717, 1.165) is 36.9 Å². The molecule has 3 aromatic rings. The van der Waals surface area contributed by atoms with Crippen LogP contribution in [0.1, 0.15) is 68.2 Å². The van der Waals surface area contributed by atoms with Gasteiger partial charge in [-0.3, -0.25) is 9.59 Å². The topological polar surface area (TPSA) is 70.1 Å². The van der Waals surface area contributed by atoms with Crippen molar-refractivity contribution in [1.29, 1.82) is 0 Å². The lowest BCUT2D eigenvalue weighted by Crippen LogP contribution is -2.58. The summed E-state index contributed by atoms with van der Waals surface area (Å²) in [6, 6.07) is 18.4. The highest BCUT2D eigenvalue weighted by atomic mass is 35.5. The van der Waals surface area contributed by atoms with E-state index in [-0.39, 0.29) is 18.2 Å². The lowest BCUT2D eigenvalue weighted by molar-refractivity contribution is -0.153. The van der Waals surface area contributed by atoms with Crippen molar-refractivity contribution in [3.63, 3.8) is 0 Å². The van der Waals surface area contributed by atoms with Crippen LogP contribution >= 0.6 is 23.2 Å². The van der Waals surface area contributed by atoms with Gasteiger partial charge in [0.2, 0.25) is 11.8 Å². The van der Waals surface area contributed by atoms with E-state index in [0.29, 0.717) is 45.5 Å². The molecular weight excluding hydrogens is 583 g/mol. The van der Waals surface area contributed by atoms with Crippen molar-refractivity contribution in [1.82, 2.24) is 0 Å². The molecule has 3 aromatic carbocycles. The lowest BCUT2D eigenvalue weighted by atomic mass is 9.66. The second kappa shape index (κ2) is 10.9. The van der Waals surface area contributed by atoms with Crippen molar-refractivity contribution in [2.45, 2.75) is 75.4 Å². The number of hydrogen-bond donors (Lipinski definition) is 1. The lowest BCUT2D eigenvalue weighted by Gasteiger charge is -2.42. The second-order valence-corrected chi connectivity index (χ2v) is 13.1. The second-order valence-electron chi connectivity index (χ2n) is 12.2. The fraction of sp³-hybridized carbons (Fsp3) is 0.429. The van der Waals surface area contributed by atoms with E-state index in [4.69, 9.17) is 27.9 Å². The Balaban J connectivity index is 1.70. The van der Waals surface area contributed by atoms with Crippen LogP contribution < -0.4 is 9.80 Å². The highest BCUT2D eigenvalue weighted by Gasteiger charge is 2.80. The number of fused-ring (bicyclic) bond motifs is 4. The number of ether oxygens (including phenoxy) is 1. The number of methoxy groups -OCH3 is 1. The van der Waals surface area contributed by atoms with E-state index in [1.54, 1.807) is 28.0 Å². The first-order valence-electron chi connectivity index (χ1n) is 15.2. The molecule has 8 heteroatoms. The van der Waals surface area contributed by atoms with Crippen LogP contribution in [0, 0.1) is 6.92 Å². The molecule has 0 saturated heterocycles. The van der Waals surface area contributed by atoms with Crippen LogP contribution in [0.2, 0.25) is 10.0 Å². The number of benzene rings is 3. The number of carbonyl (C=O) groups excluding carboxylic acids is 2. The quantitative estimate of drug-likeness (QED) is 0.292. The van der Waals surface area contributed by atoms with E-state index in [1.165, 1.54) is 7.11 Å². The van der Waals surface area contributed by atoms with Gasteiger partial charge in [0, 0.05) is 41.6 Å². The Morgan fingerprint density at radius 1 is 0.837 bits per heavy atom. The minimum atomic E-state index is -1.93. The molecule has 2 amide bonds. The number of hydrogen-bond acceptors (Lipinski definition) is 4. The van der Waals surface area contributed by atoms with Crippen molar-refractivity contribution in [3.8, 4) is 0 Å². The van der Waals surface area contributed by atoms with Gasteiger partial charge in [-0.05, 0) is 79.3 Å². The van der Waals surface area contributed by atoms with Gasteiger partial charge in [-0.15, -0.1) is 0 Å². The number of anilines is 2. The van der Waals surface area contributed by atoms with Crippen molar-refractivity contribution >= 4 is 46.4 Å². The summed E-state index contributed by atoms with van der Waals surface area (Å²) < 4.78 is 6.32. The molecule has 1 aliphatic carbocycles. The van der Waals surface area contributed by atoms with Gasteiger partial charge in [0.05, 0.1) is 0 Å². The first-order chi connectivity index (χ1) is 20.6. The summed E-state index contributed by atoms with van der Waals surface area (Å²) in [5.41, 5.74) is -0.609. The third kappa shape index (κ3) is 3.99. The number of aliphatic hydroxyl groups is 1. The van der Waals surface area contributed by atoms with Gasteiger partial charge in [-0.2, -0.15) is 0 Å². The summed E-state index contributed by atoms with van der Waals surface area (Å²) in [7, 11) is 1.52. The summed E-state index contributed by atoms with van der Waals surface area (Å²) in [6.45, 7) is 7.13. The van der Waals surface area contributed by atoms with Crippen LogP contribution in [-0.2, 0) is 30.8 Å². The van der Waals surface area contributed by atoms with Crippen molar-refractivity contribution in [2.24, 2.45) is 0 Å². The van der Waals surface area contributed by atoms with E-state index in [9.17, 15) is 9.90 Å². The average Bonchev–Trinajstić information content (AvgIpc) is 3.48. The van der Waals surface area contributed by atoms with E-state index < -0.39 is 22.5 Å². The highest BCUT2D eigenvalue weighted by Crippen LogP contribution is 2.69. The van der Waals surface area contributed by atoms with Gasteiger partial charge in [0.15, 0.2) is 0 Å². The minimum absolute atomic E-state index is 0.00643. The minimum Gasteiger partial charge on any atom is -0.381 e. The third-order valence-electron chi connectivity index (χ3n) is 9.90. The molecule has 0 aromatic heterocycles. The van der Waals surface area contributed by atoms with Gasteiger partial charge in [0.25, 0.3) is 0 Å². The molecule has 4 unspecified atom stereocenters. The van der Waals surface area contributed by atoms with Crippen LogP contribution in [0.15, 0.2) is 60.7 Å². The van der Waals surface area contributed by atoms with Gasteiger partial charge < -0.3 is 19.6 Å². The SMILES string of the molecule is CCCCN1C(=O)C2(CC3(C(=O)N(CCCC)c4ccc(Cl)cc43)C(O)(c3ccc(C)cc3)C2OC)c2cc(Cl)ccc21. The molecule has 1 saturated carbocycles. The molecule has 0 bridgehead atoms. The predicted molar refractivity (Wildman–Crippen MR) is 171 cm³/mol. The summed E-state index contributed by atoms with van der Waals surface area (Å²) in [6.07, 6.45) is 2.28. The zero-order chi connectivity index (χ0) is 30.7. The van der Waals surface area contributed by atoms with Crippen molar-refractivity contribution < 1.29 is 19.4 Å². The molecule has 6 nitrogen and oxygen atoms in total.